The first-order chi connectivity index (χ1) is 22.0. The predicted octanol–water partition coefficient (Wildman–Crippen LogP) is 12.4. The Morgan fingerprint density at radius 1 is 0.556 bits per heavy atom. The minimum absolute atomic E-state index is 0.333. The van der Waals surface area contributed by atoms with Gasteiger partial charge in [-0.05, 0) is 112 Å². The Morgan fingerprint density at radius 3 is 1.67 bits per heavy atom. The van der Waals surface area contributed by atoms with E-state index < -0.39 is 0 Å². The van der Waals surface area contributed by atoms with Crippen LogP contribution < -0.4 is 0 Å². The van der Waals surface area contributed by atoms with Gasteiger partial charge in [-0.15, -0.1) is 0 Å². The monoisotopic (exact) mass is 582 g/mol. The molecule has 0 fully saturated rings. The number of fused-ring (bicyclic) bond motifs is 10. The average molecular weight is 583 g/mol. The van der Waals surface area contributed by atoms with Crippen LogP contribution in [-0.2, 0) is 5.41 Å². The summed E-state index contributed by atoms with van der Waals surface area (Å²) in [7, 11) is 0. The highest BCUT2D eigenvalue weighted by molar-refractivity contribution is 6.01. The SMILES string of the molecule is CC/C(C)=C(\C(CC)=C(/CC=C(C)C)c1cccc2c1-c1ccccc1C21c2ccccc2-c2ccccc21)c1ccccc1. The molecule has 0 N–H and O–H groups in total. The fourth-order valence-corrected chi connectivity index (χ4v) is 8.10. The summed E-state index contributed by atoms with van der Waals surface area (Å²) >= 11 is 0. The lowest BCUT2D eigenvalue weighted by molar-refractivity contribution is 0.793. The Morgan fingerprint density at radius 2 is 1.09 bits per heavy atom. The van der Waals surface area contributed by atoms with E-state index in [-0.39, 0.29) is 5.41 Å². The second-order valence-electron chi connectivity index (χ2n) is 12.8. The zero-order chi connectivity index (χ0) is 31.1. The van der Waals surface area contributed by atoms with Crippen molar-refractivity contribution in [3.63, 3.8) is 0 Å². The molecule has 45 heavy (non-hydrogen) atoms. The van der Waals surface area contributed by atoms with Gasteiger partial charge in [-0.3, -0.25) is 0 Å². The third-order valence-electron chi connectivity index (χ3n) is 10.1. The maximum atomic E-state index is 2.42. The lowest BCUT2D eigenvalue weighted by Gasteiger charge is -2.30. The fourth-order valence-electron chi connectivity index (χ4n) is 8.10. The highest BCUT2D eigenvalue weighted by Gasteiger charge is 2.52. The third kappa shape index (κ3) is 4.42. The van der Waals surface area contributed by atoms with Crippen LogP contribution in [-0.4, -0.2) is 0 Å². The van der Waals surface area contributed by atoms with E-state index in [0.29, 0.717) is 0 Å². The summed E-state index contributed by atoms with van der Waals surface area (Å²) in [6.45, 7) is 11.4. The molecule has 2 aliphatic rings. The highest BCUT2D eigenvalue weighted by atomic mass is 14.5. The molecule has 222 valence electrons. The summed E-state index contributed by atoms with van der Waals surface area (Å²) < 4.78 is 0. The van der Waals surface area contributed by atoms with Crippen LogP contribution in [0.3, 0.4) is 0 Å². The van der Waals surface area contributed by atoms with Gasteiger partial charge in [-0.1, -0.05) is 152 Å². The van der Waals surface area contributed by atoms with E-state index in [1.807, 2.05) is 0 Å². The number of hydrogen-bond donors (Lipinski definition) is 0. The van der Waals surface area contributed by atoms with Gasteiger partial charge in [0.25, 0.3) is 0 Å². The van der Waals surface area contributed by atoms with Gasteiger partial charge in [0, 0.05) is 0 Å². The van der Waals surface area contributed by atoms with Gasteiger partial charge in [0.2, 0.25) is 0 Å². The molecule has 0 aliphatic heterocycles. The Bertz CT molecular complexity index is 1960. The second kappa shape index (κ2) is 11.7. The Balaban J connectivity index is 1.60. The molecule has 0 saturated heterocycles. The zero-order valence-corrected chi connectivity index (χ0v) is 27.2. The van der Waals surface area contributed by atoms with Crippen LogP contribution >= 0.6 is 0 Å². The summed E-state index contributed by atoms with van der Waals surface area (Å²) in [6, 6.07) is 45.6. The van der Waals surface area contributed by atoms with Crippen LogP contribution in [0.1, 0.15) is 87.3 Å². The first-order valence-corrected chi connectivity index (χ1v) is 16.6. The van der Waals surface area contributed by atoms with Gasteiger partial charge in [-0.25, -0.2) is 0 Å². The molecule has 7 rings (SSSR count). The van der Waals surface area contributed by atoms with Crippen LogP contribution in [0.15, 0.2) is 144 Å². The van der Waals surface area contributed by atoms with Crippen molar-refractivity contribution in [2.24, 2.45) is 0 Å². The van der Waals surface area contributed by atoms with Crippen molar-refractivity contribution < 1.29 is 0 Å². The van der Waals surface area contributed by atoms with Crippen LogP contribution in [0.25, 0.3) is 33.4 Å². The molecule has 2 aliphatic carbocycles. The summed E-state index contributed by atoms with van der Waals surface area (Å²) in [5, 5.41) is 0. The van der Waals surface area contributed by atoms with Gasteiger partial charge < -0.3 is 0 Å². The molecule has 0 heterocycles. The maximum absolute atomic E-state index is 2.42. The van der Waals surface area contributed by atoms with Crippen molar-refractivity contribution in [2.45, 2.75) is 59.3 Å². The van der Waals surface area contributed by atoms with Crippen LogP contribution in [0.5, 0.6) is 0 Å². The molecule has 0 radical (unpaired) electrons. The summed E-state index contributed by atoms with van der Waals surface area (Å²) in [4.78, 5) is 0. The van der Waals surface area contributed by atoms with E-state index in [1.165, 1.54) is 83.5 Å². The smallest absolute Gasteiger partial charge is 0.0725 e. The predicted molar refractivity (Wildman–Crippen MR) is 193 cm³/mol. The second-order valence-corrected chi connectivity index (χ2v) is 12.8. The van der Waals surface area contributed by atoms with Gasteiger partial charge in [0.1, 0.15) is 0 Å². The first kappa shape index (κ1) is 29.1. The number of rotatable bonds is 7. The van der Waals surface area contributed by atoms with Crippen molar-refractivity contribution in [1.82, 2.24) is 0 Å². The lowest BCUT2D eigenvalue weighted by Crippen LogP contribution is -2.25. The van der Waals surface area contributed by atoms with Crippen molar-refractivity contribution in [2.75, 3.05) is 0 Å². The molecule has 5 aromatic carbocycles. The Labute approximate surface area is 269 Å². The molecule has 0 unspecified atom stereocenters. The maximum Gasteiger partial charge on any atom is 0.0725 e. The Kier molecular flexibility index (Phi) is 7.54. The van der Waals surface area contributed by atoms with E-state index >= 15 is 0 Å². The molecule has 0 atom stereocenters. The van der Waals surface area contributed by atoms with Gasteiger partial charge in [0.05, 0.1) is 5.41 Å². The van der Waals surface area contributed by atoms with E-state index in [9.17, 15) is 0 Å². The molecular formula is C45H42. The zero-order valence-electron chi connectivity index (χ0n) is 27.2. The fraction of sp³-hybridized carbons (Fsp3) is 0.200. The third-order valence-corrected chi connectivity index (χ3v) is 10.1. The van der Waals surface area contributed by atoms with E-state index in [1.54, 1.807) is 0 Å². The molecule has 0 nitrogen and oxygen atoms in total. The van der Waals surface area contributed by atoms with E-state index in [0.717, 1.165) is 19.3 Å². The summed E-state index contributed by atoms with van der Waals surface area (Å²) in [6.07, 6.45) is 5.31. The van der Waals surface area contributed by atoms with Crippen LogP contribution in [0.2, 0.25) is 0 Å². The minimum Gasteiger partial charge on any atom is -0.0815 e. The number of hydrogen-bond acceptors (Lipinski definition) is 0. The normalized spacial score (nSPS) is 14.6. The van der Waals surface area contributed by atoms with Gasteiger partial charge >= 0.3 is 0 Å². The van der Waals surface area contributed by atoms with Crippen molar-refractivity contribution in [1.29, 1.82) is 0 Å². The number of allylic oxidation sites excluding steroid dienone is 6. The van der Waals surface area contributed by atoms with Gasteiger partial charge in [0.15, 0.2) is 0 Å². The average Bonchev–Trinajstić information content (AvgIpc) is 3.56. The molecular weight excluding hydrogens is 540 g/mol. The molecule has 0 saturated carbocycles. The van der Waals surface area contributed by atoms with Crippen LogP contribution in [0, 0.1) is 0 Å². The molecule has 1 spiro atoms. The van der Waals surface area contributed by atoms with Crippen molar-refractivity contribution >= 4 is 11.1 Å². The van der Waals surface area contributed by atoms with Crippen LogP contribution in [0.4, 0.5) is 0 Å². The molecule has 5 aromatic rings. The highest BCUT2D eigenvalue weighted by Crippen LogP contribution is 2.63. The Hall–Kier alpha value is -4.68. The number of benzene rings is 5. The van der Waals surface area contributed by atoms with Gasteiger partial charge in [-0.2, -0.15) is 0 Å². The molecule has 0 bridgehead atoms. The first-order valence-electron chi connectivity index (χ1n) is 16.6. The minimum atomic E-state index is -0.333. The summed E-state index contributed by atoms with van der Waals surface area (Å²) in [5.74, 6) is 0. The van der Waals surface area contributed by atoms with E-state index in [2.05, 4.69) is 162 Å². The van der Waals surface area contributed by atoms with Crippen molar-refractivity contribution in [3.05, 3.63) is 178 Å². The standard InChI is InChI=1S/C45H42/c1-6-31(5)43(32-18-9-8-10-19-32)33(7-2)34(29-28-30(3)4)37-23-17-27-42-44(37)38-22-13-16-26-41(38)45(42)39-24-14-11-20-35(39)36-21-12-15-25-40(36)45/h8-28H,6-7,29H2,1-5H3/b34-33+,43-31-. The summed E-state index contributed by atoms with van der Waals surface area (Å²) in [5.41, 5.74) is 20.5. The molecule has 0 amide bonds. The molecule has 0 aromatic heterocycles. The lowest BCUT2D eigenvalue weighted by atomic mass is 9.70. The van der Waals surface area contributed by atoms with E-state index in [4.69, 9.17) is 0 Å². The quantitative estimate of drug-likeness (QED) is 0.129. The largest absolute Gasteiger partial charge is 0.0815 e. The topological polar surface area (TPSA) is 0 Å². The molecule has 0 heteroatoms. The van der Waals surface area contributed by atoms with Crippen molar-refractivity contribution in [3.8, 4) is 22.3 Å².